The van der Waals surface area contributed by atoms with Gasteiger partial charge in [-0.3, -0.25) is 4.79 Å². The van der Waals surface area contributed by atoms with Crippen molar-refractivity contribution in [1.82, 2.24) is 0 Å². The van der Waals surface area contributed by atoms with E-state index in [-0.39, 0.29) is 6.10 Å². The van der Waals surface area contributed by atoms with Crippen molar-refractivity contribution in [3.63, 3.8) is 0 Å². The lowest BCUT2D eigenvalue weighted by atomic mass is 9.65. The third-order valence-electron chi connectivity index (χ3n) is 4.37. The minimum absolute atomic E-state index is 0.136. The molecule has 3 aliphatic rings. The summed E-state index contributed by atoms with van der Waals surface area (Å²) in [6, 6.07) is 0. The van der Waals surface area contributed by atoms with E-state index in [4.69, 9.17) is 0 Å². The van der Waals surface area contributed by atoms with Crippen LogP contribution in [0.5, 0.6) is 0 Å². The highest BCUT2D eigenvalue weighted by Gasteiger charge is 2.36. The second-order valence-corrected chi connectivity index (χ2v) is 5.39. The van der Waals surface area contributed by atoms with Crippen LogP contribution >= 0.6 is 0 Å². The number of hydrogen-bond acceptors (Lipinski definition) is 2. The summed E-state index contributed by atoms with van der Waals surface area (Å²) in [6.07, 6.45) is 9.51. The predicted molar refractivity (Wildman–Crippen MR) is 61.9 cm³/mol. The third kappa shape index (κ3) is 1.65. The summed E-state index contributed by atoms with van der Waals surface area (Å²) < 4.78 is 0. The molecule has 2 heteroatoms. The molecule has 0 aromatic rings. The number of rotatable bonds is 0. The topological polar surface area (TPSA) is 37.3 Å². The number of aliphatic hydroxyl groups is 1. The molecule has 0 amide bonds. The molecule has 3 aliphatic carbocycles. The molecule has 0 aromatic carbocycles. The molecule has 3 unspecified atom stereocenters. The number of ketones is 1. The summed E-state index contributed by atoms with van der Waals surface area (Å²) in [7, 11) is 0. The van der Waals surface area contributed by atoms with Gasteiger partial charge in [0, 0.05) is 12.8 Å². The second-order valence-electron chi connectivity index (χ2n) is 5.39. The van der Waals surface area contributed by atoms with Crippen molar-refractivity contribution >= 4 is 5.78 Å². The van der Waals surface area contributed by atoms with Gasteiger partial charge in [0.25, 0.3) is 0 Å². The molecule has 3 atom stereocenters. The van der Waals surface area contributed by atoms with E-state index >= 15 is 0 Å². The van der Waals surface area contributed by atoms with Gasteiger partial charge < -0.3 is 5.11 Å². The lowest BCUT2D eigenvalue weighted by Crippen LogP contribution is -2.32. The van der Waals surface area contributed by atoms with Gasteiger partial charge in [0.05, 0.1) is 6.10 Å². The van der Waals surface area contributed by atoms with Crippen LogP contribution in [0.2, 0.25) is 0 Å². The van der Waals surface area contributed by atoms with Crippen molar-refractivity contribution in [2.75, 3.05) is 0 Å². The summed E-state index contributed by atoms with van der Waals surface area (Å²) >= 11 is 0. The Labute approximate surface area is 96.0 Å². The number of allylic oxidation sites excluding steroid dienone is 3. The van der Waals surface area contributed by atoms with Crippen molar-refractivity contribution in [1.29, 1.82) is 0 Å². The highest BCUT2D eigenvalue weighted by molar-refractivity contribution is 5.82. The summed E-state index contributed by atoms with van der Waals surface area (Å²) in [4.78, 5) is 11.4. The van der Waals surface area contributed by atoms with Crippen molar-refractivity contribution < 1.29 is 9.90 Å². The average molecular weight is 218 g/mol. The molecule has 2 fully saturated rings. The Morgan fingerprint density at radius 1 is 1.06 bits per heavy atom. The molecule has 1 N–H and O–H groups in total. The number of Topliss-reactive ketones (excluding diaryl/α,β-unsaturated/α-hetero) is 1. The molecule has 2 nitrogen and oxygen atoms in total. The Kier molecular flexibility index (Phi) is 2.47. The van der Waals surface area contributed by atoms with E-state index in [1.165, 1.54) is 11.1 Å². The van der Waals surface area contributed by atoms with E-state index < -0.39 is 0 Å². The zero-order chi connectivity index (χ0) is 11.1. The van der Waals surface area contributed by atoms with E-state index in [0.717, 1.165) is 32.1 Å². The number of fused-ring (bicyclic) bond motifs is 3. The molecular weight excluding hydrogens is 200 g/mol. The first-order valence-corrected chi connectivity index (χ1v) is 6.33. The van der Waals surface area contributed by atoms with Crippen LogP contribution in [0.25, 0.3) is 0 Å². The van der Waals surface area contributed by atoms with E-state index in [1.807, 2.05) is 0 Å². The van der Waals surface area contributed by atoms with Crippen molar-refractivity contribution in [2.24, 2.45) is 11.8 Å². The van der Waals surface area contributed by atoms with Crippen LogP contribution < -0.4 is 0 Å². The van der Waals surface area contributed by atoms with Crippen molar-refractivity contribution in [3.05, 3.63) is 23.3 Å². The summed E-state index contributed by atoms with van der Waals surface area (Å²) in [5.41, 5.74) is 2.77. The molecule has 2 saturated carbocycles. The highest BCUT2D eigenvalue weighted by Crippen LogP contribution is 2.45. The van der Waals surface area contributed by atoms with E-state index in [1.54, 1.807) is 0 Å². The molecule has 0 saturated heterocycles. The van der Waals surface area contributed by atoms with Gasteiger partial charge in [-0.05, 0) is 37.5 Å². The molecule has 0 radical (unpaired) electrons. The quantitative estimate of drug-likeness (QED) is 0.678. The van der Waals surface area contributed by atoms with Crippen molar-refractivity contribution in [3.8, 4) is 0 Å². The predicted octanol–water partition coefficient (Wildman–Crippen LogP) is 2.38. The molecule has 0 heterocycles. The zero-order valence-electron chi connectivity index (χ0n) is 9.48. The molecule has 0 spiro atoms. The Balaban J connectivity index is 1.87. The van der Waals surface area contributed by atoms with E-state index in [9.17, 15) is 9.90 Å². The maximum Gasteiger partial charge on any atom is 0.136 e. The largest absolute Gasteiger partial charge is 0.393 e. The molecule has 86 valence electrons. The van der Waals surface area contributed by atoms with E-state index in [0.29, 0.717) is 24.0 Å². The first-order chi connectivity index (χ1) is 7.74. The molecule has 3 rings (SSSR count). The van der Waals surface area contributed by atoms with Gasteiger partial charge >= 0.3 is 0 Å². The minimum Gasteiger partial charge on any atom is -0.393 e. The smallest absolute Gasteiger partial charge is 0.136 e. The standard InChI is InChI=1S/C14H18O2/c15-11-3-5-13-9(7-11)1-2-10-8-12(16)4-6-14(10)13/h1-2,11,13-15H,3-8H2. The zero-order valence-corrected chi connectivity index (χ0v) is 9.48. The van der Waals surface area contributed by atoms with Gasteiger partial charge in [-0.1, -0.05) is 23.3 Å². The van der Waals surface area contributed by atoms with Gasteiger partial charge in [0.15, 0.2) is 0 Å². The first-order valence-electron chi connectivity index (χ1n) is 6.33. The van der Waals surface area contributed by atoms with Crippen LogP contribution in [0.3, 0.4) is 0 Å². The lowest BCUT2D eigenvalue weighted by Gasteiger charge is -2.40. The van der Waals surface area contributed by atoms with Gasteiger partial charge in [-0.15, -0.1) is 0 Å². The van der Waals surface area contributed by atoms with Crippen LogP contribution in [-0.2, 0) is 4.79 Å². The number of carbonyl (C=O) groups is 1. The molecular formula is C14H18O2. The number of hydrogen-bond donors (Lipinski definition) is 1. The van der Waals surface area contributed by atoms with Crippen LogP contribution in [0.15, 0.2) is 23.3 Å². The van der Waals surface area contributed by atoms with Crippen LogP contribution in [0.4, 0.5) is 0 Å². The third-order valence-corrected chi connectivity index (χ3v) is 4.37. The molecule has 16 heavy (non-hydrogen) atoms. The normalized spacial score (nSPS) is 38.3. The minimum atomic E-state index is -0.136. The van der Waals surface area contributed by atoms with E-state index in [2.05, 4.69) is 12.2 Å². The second kappa shape index (κ2) is 3.85. The van der Waals surface area contributed by atoms with Crippen molar-refractivity contribution in [2.45, 2.75) is 44.6 Å². The van der Waals surface area contributed by atoms with Gasteiger partial charge in [0.1, 0.15) is 5.78 Å². The van der Waals surface area contributed by atoms with Crippen LogP contribution in [-0.4, -0.2) is 17.0 Å². The molecule has 0 aromatic heterocycles. The van der Waals surface area contributed by atoms with Gasteiger partial charge in [-0.2, -0.15) is 0 Å². The monoisotopic (exact) mass is 218 g/mol. The Bertz CT molecular complexity index is 378. The summed E-state index contributed by atoms with van der Waals surface area (Å²) in [6.45, 7) is 0. The maximum atomic E-state index is 11.4. The highest BCUT2D eigenvalue weighted by atomic mass is 16.3. The Morgan fingerprint density at radius 3 is 2.69 bits per heavy atom. The maximum absolute atomic E-state index is 11.4. The number of carbonyl (C=O) groups excluding carboxylic acids is 1. The number of aliphatic hydroxyl groups excluding tert-OH is 1. The van der Waals surface area contributed by atoms with Crippen LogP contribution in [0, 0.1) is 11.8 Å². The lowest BCUT2D eigenvalue weighted by molar-refractivity contribution is -0.119. The summed E-state index contributed by atoms with van der Waals surface area (Å²) in [5, 5.41) is 9.67. The summed E-state index contributed by atoms with van der Waals surface area (Å²) in [5.74, 6) is 1.62. The van der Waals surface area contributed by atoms with Gasteiger partial charge in [0.2, 0.25) is 0 Å². The SMILES string of the molecule is O=C1CCC2C(=CC=C3CC(O)CCC32)C1. The Hall–Kier alpha value is -0.890. The van der Waals surface area contributed by atoms with Gasteiger partial charge in [-0.25, -0.2) is 0 Å². The Morgan fingerprint density at radius 2 is 1.81 bits per heavy atom. The molecule has 0 aliphatic heterocycles. The van der Waals surface area contributed by atoms with Crippen LogP contribution in [0.1, 0.15) is 38.5 Å². The fourth-order valence-corrected chi connectivity index (χ4v) is 3.54. The fraction of sp³-hybridized carbons (Fsp3) is 0.643. The average Bonchev–Trinajstić information content (AvgIpc) is 2.28. The fourth-order valence-electron chi connectivity index (χ4n) is 3.54. The first kappa shape index (κ1) is 10.3. The molecule has 0 bridgehead atoms.